The zero-order chi connectivity index (χ0) is 16.4. The molecule has 1 N–H and O–H groups in total. The SMILES string of the molecule is CC1CCC(C)N1CC(=O)Nc1cc(-n2cnnn2)ccc1Cl. The van der Waals surface area contributed by atoms with Gasteiger partial charge in [0.15, 0.2) is 0 Å². The van der Waals surface area contributed by atoms with Crippen LogP contribution in [0, 0.1) is 0 Å². The number of nitrogens with zero attached hydrogens (tertiary/aromatic N) is 5. The quantitative estimate of drug-likeness (QED) is 0.927. The molecule has 1 aromatic carbocycles. The number of halogens is 1. The summed E-state index contributed by atoms with van der Waals surface area (Å²) in [6, 6.07) is 6.12. The molecule has 0 saturated carbocycles. The van der Waals surface area contributed by atoms with E-state index in [9.17, 15) is 4.79 Å². The minimum absolute atomic E-state index is 0.0682. The predicted octanol–water partition coefficient (Wildman–Crippen LogP) is 2.13. The monoisotopic (exact) mass is 334 g/mol. The molecule has 2 atom stereocenters. The smallest absolute Gasteiger partial charge is 0.238 e. The maximum Gasteiger partial charge on any atom is 0.238 e. The summed E-state index contributed by atoms with van der Waals surface area (Å²) < 4.78 is 1.51. The molecule has 1 aliphatic rings. The number of tetrazole rings is 1. The molecule has 2 unspecified atom stereocenters. The van der Waals surface area contributed by atoms with E-state index in [0.29, 0.717) is 29.3 Å². The molecule has 1 aromatic heterocycles. The van der Waals surface area contributed by atoms with Gasteiger partial charge in [-0.25, -0.2) is 4.68 Å². The molecule has 0 bridgehead atoms. The Kier molecular flexibility index (Phi) is 4.58. The molecular formula is C15H19ClN6O. The Bertz CT molecular complexity index is 679. The van der Waals surface area contributed by atoms with Gasteiger partial charge in [-0.15, -0.1) is 5.10 Å². The van der Waals surface area contributed by atoms with E-state index in [4.69, 9.17) is 11.6 Å². The van der Waals surface area contributed by atoms with Crippen LogP contribution in [0.1, 0.15) is 26.7 Å². The molecule has 0 radical (unpaired) electrons. The molecule has 2 heterocycles. The van der Waals surface area contributed by atoms with Gasteiger partial charge in [0.2, 0.25) is 5.91 Å². The number of hydrogen-bond donors (Lipinski definition) is 1. The lowest BCUT2D eigenvalue weighted by molar-refractivity contribution is -0.117. The molecule has 0 aliphatic carbocycles. The van der Waals surface area contributed by atoms with E-state index >= 15 is 0 Å². The highest BCUT2D eigenvalue weighted by Gasteiger charge is 2.28. The predicted molar refractivity (Wildman–Crippen MR) is 87.7 cm³/mol. The summed E-state index contributed by atoms with van der Waals surface area (Å²) in [5, 5.41) is 14.4. The van der Waals surface area contributed by atoms with Gasteiger partial charge < -0.3 is 5.32 Å². The lowest BCUT2D eigenvalue weighted by Crippen LogP contribution is -2.39. The Morgan fingerprint density at radius 3 is 2.74 bits per heavy atom. The topological polar surface area (TPSA) is 75.9 Å². The number of amides is 1. The summed E-state index contributed by atoms with van der Waals surface area (Å²) >= 11 is 6.19. The standard InChI is InChI=1S/C15H19ClN6O/c1-10-3-4-11(2)21(10)8-15(23)18-14-7-12(5-6-13(14)16)22-9-17-19-20-22/h5-7,9-11H,3-4,8H2,1-2H3,(H,18,23). The Morgan fingerprint density at radius 2 is 2.09 bits per heavy atom. The highest BCUT2D eigenvalue weighted by molar-refractivity contribution is 6.33. The van der Waals surface area contributed by atoms with Crippen molar-refractivity contribution in [1.82, 2.24) is 25.1 Å². The van der Waals surface area contributed by atoms with E-state index in [2.05, 4.69) is 39.6 Å². The summed E-state index contributed by atoms with van der Waals surface area (Å²) in [7, 11) is 0. The first-order valence-corrected chi connectivity index (χ1v) is 8.01. The summed E-state index contributed by atoms with van der Waals surface area (Å²) in [5.41, 5.74) is 1.29. The van der Waals surface area contributed by atoms with Gasteiger partial charge in [-0.3, -0.25) is 9.69 Å². The summed E-state index contributed by atoms with van der Waals surface area (Å²) in [6.45, 7) is 4.68. The number of anilines is 1. The second-order valence-corrected chi connectivity index (χ2v) is 6.32. The van der Waals surface area contributed by atoms with E-state index < -0.39 is 0 Å². The molecule has 0 spiro atoms. The third-order valence-corrected chi connectivity index (χ3v) is 4.63. The van der Waals surface area contributed by atoms with E-state index in [-0.39, 0.29) is 5.91 Å². The van der Waals surface area contributed by atoms with E-state index in [1.807, 2.05) is 0 Å². The van der Waals surface area contributed by atoms with Crippen molar-refractivity contribution in [3.05, 3.63) is 29.5 Å². The third kappa shape index (κ3) is 3.51. The van der Waals surface area contributed by atoms with Crippen LogP contribution in [0.15, 0.2) is 24.5 Å². The van der Waals surface area contributed by atoms with Crippen LogP contribution >= 0.6 is 11.6 Å². The zero-order valence-corrected chi connectivity index (χ0v) is 13.9. The highest BCUT2D eigenvalue weighted by atomic mass is 35.5. The van der Waals surface area contributed by atoms with Gasteiger partial charge in [0, 0.05) is 12.1 Å². The van der Waals surface area contributed by atoms with Gasteiger partial charge >= 0.3 is 0 Å². The van der Waals surface area contributed by atoms with Crippen LogP contribution in [0.3, 0.4) is 0 Å². The molecule has 1 aliphatic heterocycles. The van der Waals surface area contributed by atoms with Crippen LogP contribution in [0.4, 0.5) is 5.69 Å². The number of carbonyl (C=O) groups is 1. The molecule has 1 amide bonds. The van der Waals surface area contributed by atoms with Crippen molar-refractivity contribution >= 4 is 23.2 Å². The van der Waals surface area contributed by atoms with Gasteiger partial charge in [-0.05, 0) is 55.3 Å². The normalized spacial score (nSPS) is 21.5. The average Bonchev–Trinajstić information content (AvgIpc) is 3.15. The van der Waals surface area contributed by atoms with Crippen molar-refractivity contribution in [3.63, 3.8) is 0 Å². The largest absolute Gasteiger partial charge is 0.324 e. The number of benzene rings is 1. The van der Waals surface area contributed by atoms with Crippen molar-refractivity contribution in [1.29, 1.82) is 0 Å². The van der Waals surface area contributed by atoms with Crippen LogP contribution in [-0.4, -0.2) is 49.6 Å². The molecule has 7 nitrogen and oxygen atoms in total. The maximum atomic E-state index is 12.4. The van der Waals surface area contributed by atoms with Crippen molar-refractivity contribution in [3.8, 4) is 5.69 Å². The van der Waals surface area contributed by atoms with Gasteiger partial charge in [0.1, 0.15) is 6.33 Å². The number of carbonyl (C=O) groups excluding carboxylic acids is 1. The van der Waals surface area contributed by atoms with Gasteiger partial charge in [-0.1, -0.05) is 11.6 Å². The van der Waals surface area contributed by atoms with Crippen molar-refractivity contribution in [2.75, 3.05) is 11.9 Å². The third-order valence-electron chi connectivity index (χ3n) is 4.30. The van der Waals surface area contributed by atoms with Crippen LogP contribution in [0.2, 0.25) is 5.02 Å². The molecule has 1 fully saturated rings. The average molecular weight is 335 g/mol. The molecule has 2 aromatic rings. The van der Waals surface area contributed by atoms with Gasteiger partial charge in [0.05, 0.1) is 22.9 Å². The molecule has 1 saturated heterocycles. The summed E-state index contributed by atoms with van der Waals surface area (Å²) in [6.07, 6.45) is 3.75. The molecular weight excluding hydrogens is 316 g/mol. The second-order valence-electron chi connectivity index (χ2n) is 5.91. The number of likely N-dealkylation sites (tertiary alicyclic amines) is 1. The van der Waals surface area contributed by atoms with Crippen molar-refractivity contribution in [2.24, 2.45) is 0 Å². The van der Waals surface area contributed by atoms with Gasteiger partial charge in [-0.2, -0.15) is 0 Å². The lowest BCUT2D eigenvalue weighted by Gasteiger charge is -2.25. The number of nitrogens with one attached hydrogen (secondary N) is 1. The van der Waals surface area contributed by atoms with Crippen LogP contribution in [0.25, 0.3) is 5.69 Å². The van der Waals surface area contributed by atoms with Crippen LogP contribution in [0.5, 0.6) is 0 Å². The zero-order valence-electron chi connectivity index (χ0n) is 13.1. The minimum atomic E-state index is -0.0682. The molecule has 3 rings (SSSR count). The van der Waals surface area contributed by atoms with E-state index in [0.717, 1.165) is 18.5 Å². The first-order valence-electron chi connectivity index (χ1n) is 7.63. The fourth-order valence-electron chi connectivity index (χ4n) is 2.95. The number of hydrogen-bond acceptors (Lipinski definition) is 5. The van der Waals surface area contributed by atoms with Crippen LogP contribution in [-0.2, 0) is 4.79 Å². The highest BCUT2D eigenvalue weighted by Crippen LogP contribution is 2.26. The second kappa shape index (κ2) is 6.64. The van der Waals surface area contributed by atoms with Crippen molar-refractivity contribution in [2.45, 2.75) is 38.8 Å². The Hall–Kier alpha value is -1.99. The minimum Gasteiger partial charge on any atom is -0.324 e. The fourth-order valence-corrected chi connectivity index (χ4v) is 3.11. The lowest BCUT2D eigenvalue weighted by atomic mass is 10.2. The Balaban J connectivity index is 1.72. The number of aromatic nitrogens is 4. The van der Waals surface area contributed by atoms with Crippen LogP contribution < -0.4 is 5.32 Å². The fraction of sp³-hybridized carbons (Fsp3) is 0.467. The maximum absolute atomic E-state index is 12.4. The Morgan fingerprint density at radius 1 is 1.35 bits per heavy atom. The number of rotatable bonds is 4. The molecule has 122 valence electrons. The van der Waals surface area contributed by atoms with E-state index in [1.165, 1.54) is 11.0 Å². The van der Waals surface area contributed by atoms with E-state index in [1.54, 1.807) is 18.2 Å². The van der Waals surface area contributed by atoms with Gasteiger partial charge in [0.25, 0.3) is 0 Å². The molecule has 8 heteroatoms. The Labute approximate surface area is 139 Å². The van der Waals surface area contributed by atoms with Crippen molar-refractivity contribution < 1.29 is 4.79 Å². The summed E-state index contributed by atoms with van der Waals surface area (Å²) in [5.74, 6) is -0.0682. The first kappa shape index (κ1) is 15.9. The first-order chi connectivity index (χ1) is 11.0. The summed E-state index contributed by atoms with van der Waals surface area (Å²) in [4.78, 5) is 14.6. The molecule has 23 heavy (non-hydrogen) atoms.